The van der Waals surface area contributed by atoms with Crippen molar-refractivity contribution in [1.29, 1.82) is 0 Å². The standard InChI is InChI=1S/C20H26N4O/c25-19(21-15-20(9-10-20)17-6-2-1-3-7-17)14-24-11-5-4-8-18(24)16-12-22-23-13-16/h1-3,6-7,12-13,18H,4-5,8-11,14-15H2,(H,21,25)(H,22,23)/t18-/m1/s1. The molecule has 0 radical (unpaired) electrons. The van der Waals surface area contributed by atoms with Crippen molar-refractivity contribution >= 4 is 5.91 Å². The van der Waals surface area contributed by atoms with Crippen molar-refractivity contribution in [2.75, 3.05) is 19.6 Å². The van der Waals surface area contributed by atoms with Gasteiger partial charge in [0.15, 0.2) is 0 Å². The molecule has 1 aliphatic carbocycles. The van der Waals surface area contributed by atoms with Crippen molar-refractivity contribution in [3.05, 3.63) is 53.9 Å². The predicted molar refractivity (Wildman–Crippen MR) is 97.1 cm³/mol. The van der Waals surface area contributed by atoms with Gasteiger partial charge in [-0.05, 0) is 37.8 Å². The molecule has 1 saturated carbocycles. The summed E-state index contributed by atoms with van der Waals surface area (Å²) in [7, 11) is 0. The monoisotopic (exact) mass is 338 g/mol. The SMILES string of the molecule is O=C(CN1CCCC[C@@H]1c1cn[nH]c1)NCC1(c2ccccc2)CC1. The van der Waals surface area contributed by atoms with E-state index in [9.17, 15) is 4.79 Å². The molecule has 4 rings (SSSR count). The highest BCUT2D eigenvalue weighted by Gasteiger charge is 2.44. The molecule has 25 heavy (non-hydrogen) atoms. The zero-order valence-electron chi connectivity index (χ0n) is 14.6. The van der Waals surface area contributed by atoms with E-state index in [0.29, 0.717) is 12.6 Å². The summed E-state index contributed by atoms with van der Waals surface area (Å²) in [5, 5.41) is 10.2. The molecule has 5 nitrogen and oxygen atoms in total. The summed E-state index contributed by atoms with van der Waals surface area (Å²) < 4.78 is 0. The lowest BCUT2D eigenvalue weighted by atomic mass is 9.96. The highest BCUT2D eigenvalue weighted by atomic mass is 16.2. The second-order valence-corrected chi connectivity index (χ2v) is 7.44. The molecule has 132 valence electrons. The number of piperidine rings is 1. The van der Waals surface area contributed by atoms with Crippen LogP contribution >= 0.6 is 0 Å². The Hall–Kier alpha value is -2.14. The van der Waals surface area contributed by atoms with Gasteiger partial charge in [-0.15, -0.1) is 0 Å². The molecule has 2 N–H and O–H groups in total. The first-order valence-electron chi connectivity index (χ1n) is 9.32. The van der Waals surface area contributed by atoms with Gasteiger partial charge in [0.2, 0.25) is 5.91 Å². The number of nitrogens with one attached hydrogen (secondary N) is 2. The van der Waals surface area contributed by atoms with Crippen LogP contribution in [0.25, 0.3) is 0 Å². The highest BCUT2D eigenvalue weighted by Crippen LogP contribution is 2.47. The van der Waals surface area contributed by atoms with E-state index in [1.807, 2.05) is 18.5 Å². The van der Waals surface area contributed by atoms with Gasteiger partial charge in [-0.2, -0.15) is 5.10 Å². The number of amides is 1. The molecular weight excluding hydrogens is 312 g/mol. The zero-order valence-corrected chi connectivity index (χ0v) is 14.6. The predicted octanol–water partition coefficient (Wildman–Crippen LogP) is 2.78. The number of H-pyrrole nitrogens is 1. The Labute approximate surface area is 148 Å². The number of nitrogens with zero attached hydrogens (tertiary/aromatic N) is 2. The maximum absolute atomic E-state index is 12.6. The van der Waals surface area contributed by atoms with Crippen LogP contribution in [0.3, 0.4) is 0 Å². The summed E-state index contributed by atoms with van der Waals surface area (Å²) in [6, 6.07) is 10.9. The Kier molecular flexibility index (Phi) is 4.57. The van der Waals surface area contributed by atoms with Gasteiger partial charge in [0.05, 0.1) is 12.7 Å². The van der Waals surface area contributed by atoms with Crippen molar-refractivity contribution < 1.29 is 4.79 Å². The van der Waals surface area contributed by atoms with Gasteiger partial charge in [0.25, 0.3) is 0 Å². The first-order valence-corrected chi connectivity index (χ1v) is 9.32. The fourth-order valence-electron chi connectivity index (χ4n) is 4.02. The molecule has 1 aliphatic heterocycles. The molecule has 0 bridgehead atoms. The average Bonchev–Trinajstić information content (AvgIpc) is 3.26. The highest BCUT2D eigenvalue weighted by molar-refractivity contribution is 5.78. The Morgan fingerprint density at radius 2 is 2.12 bits per heavy atom. The van der Waals surface area contributed by atoms with Gasteiger partial charge >= 0.3 is 0 Å². The van der Waals surface area contributed by atoms with Crippen LogP contribution in [0.1, 0.15) is 49.3 Å². The first-order chi connectivity index (χ1) is 12.3. The fourth-order valence-corrected chi connectivity index (χ4v) is 4.02. The van der Waals surface area contributed by atoms with E-state index in [1.54, 1.807) is 0 Å². The molecule has 1 aromatic carbocycles. The largest absolute Gasteiger partial charge is 0.354 e. The van der Waals surface area contributed by atoms with Crippen LogP contribution in [0.4, 0.5) is 0 Å². The normalized spacial score (nSPS) is 22.5. The Morgan fingerprint density at radius 1 is 1.28 bits per heavy atom. The van der Waals surface area contributed by atoms with E-state index in [-0.39, 0.29) is 11.3 Å². The number of benzene rings is 1. The smallest absolute Gasteiger partial charge is 0.234 e. The number of rotatable bonds is 6. The Bertz CT molecular complexity index is 694. The third-order valence-corrected chi connectivity index (χ3v) is 5.73. The maximum Gasteiger partial charge on any atom is 0.234 e. The molecule has 5 heteroatoms. The van der Waals surface area contributed by atoms with E-state index < -0.39 is 0 Å². The van der Waals surface area contributed by atoms with Crippen molar-refractivity contribution in [3.8, 4) is 0 Å². The number of hydrogen-bond donors (Lipinski definition) is 2. The van der Waals surface area contributed by atoms with Gasteiger partial charge in [-0.1, -0.05) is 36.8 Å². The van der Waals surface area contributed by atoms with Crippen LogP contribution in [0.2, 0.25) is 0 Å². The summed E-state index contributed by atoms with van der Waals surface area (Å²) in [6.07, 6.45) is 9.64. The molecule has 1 amide bonds. The van der Waals surface area contributed by atoms with E-state index in [4.69, 9.17) is 0 Å². The third kappa shape index (κ3) is 3.61. The summed E-state index contributed by atoms with van der Waals surface area (Å²) in [4.78, 5) is 14.9. The lowest BCUT2D eigenvalue weighted by Gasteiger charge is -2.34. The van der Waals surface area contributed by atoms with Crippen LogP contribution in [0.5, 0.6) is 0 Å². The van der Waals surface area contributed by atoms with E-state index in [0.717, 1.165) is 25.9 Å². The minimum atomic E-state index is 0.137. The second kappa shape index (κ2) is 7.00. The van der Waals surface area contributed by atoms with Crippen molar-refractivity contribution in [3.63, 3.8) is 0 Å². The molecular formula is C20H26N4O. The van der Waals surface area contributed by atoms with Crippen molar-refractivity contribution in [2.45, 2.75) is 43.6 Å². The number of carbonyl (C=O) groups excluding carboxylic acids is 1. The van der Waals surface area contributed by atoms with Crippen molar-refractivity contribution in [1.82, 2.24) is 20.4 Å². The summed E-state index contributed by atoms with van der Waals surface area (Å²) in [6.45, 7) is 2.20. The summed E-state index contributed by atoms with van der Waals surface area (Å²) >= 11 is 0. The fraction of sp³-hybridized carbons (Fsp3) is 0.500. The lowest BCUT2D eigenvalue weighted by molar-refractivity contribution is -0.123. The van der Waals surface area contributed by atoms with Gasteiger partial charge in [-0.25, -0.2) is 0 Å². The molecule has 2 heterocycles. The van der Waals surface area contributed by atoms with Crippen LogP contribution in [-0.4, -0.2) is 40.6 Å². The third-order valence-electron chi connectivity index (χ3n) is 5.73. The minimum Gasteiger partial charge on any atom is -0.354 e. The minimum absolute atomic E-state index is 0.137. The van der Waals surface area contributed by atoms with Crippen LogP contribution in [-0.2, 0) is 10.2 Å². The van der Waals surface area contributed by atoms with Gasteiger partial charge < -0.3 is 5.32 Å². The number of likely N-dealkylation sites (tertiary alicyclic amines) is 1. The molecule has 2 aromatic rings. The zero-order chi connectivity index (χ0) is 17.1. The Morgan fingerprint density at radius 3 is 2.84 bits per heavy atom. The van der Waals surface area contributed by atoms with E-state index >= 15 is 0 Å². The van der Waals surface area contributed by atoms with Crippen LogP contribution in [0.15, 0.2) is 42.7 Å². The van der Waals surface area contributed by atoms with E-state index in [2.05, 4.69) is 44.7 Å². The quantitative estimate of drug-likeness (QED) is 0.851. The van der Waals surface area contributed by atoms with Crippen LogP contribution < -0.4 is 5.32 Å². The molecule has 0 unspecified atom stereocenters. The average molecular weight is 338 g/mol. The number of carbonyl (C=O) groups is 1. The molecule has 2 aliphatic rings. The lowest BCUT2D eigenvalue weighted by Crippen LogP contribution is -2.43. The number of aromatic nitrogens is 2. The topological polar surface area (TPSA) is 61.0 Å². The molecule has 0 spiro atoms. The summed E-state index contributed by atoms with van der Waals surface area (Å²) in [5.74, 6) is 0.137. The van der Waals surface area contributed by atoms with Crippen LogP contribution in [0, 0.1) is 0 Å². The number of hydrogen-bond acceptors (Lipinski definition) is 3. The van der Waals surface area contributed by atoms with Gasteiger partial charge in [0, 0.05) is 29.8 Å². The van der Waals surface area contributed by atoms with Crippen molar-refractivity contribution in [2.24, 2.45) is 0 Å². The molecule has 1 aromatic heterocycles. The maximum atomic E-state index is 12.6. The molecule has 1 atom stereocenters. The van der Waals surface area contributed by atoms with E-state index in [1.165, 1.54) is 30.4 Å². The summed E-state index contributed by atoms with van der Waals surface area (Å²) in [5.41, 5.74) is 2.71. The molecule has 2 fully saturated rings. The Balaban J connectivity index is 1.34. The first kappa shape index (κ1) is 16.3. The van der Waals surface area contributed by atoms with Gasteiger partial charge in [0.1, 0.15) is 0 Å². The molecule has 1 saturated heterocycles. The van der Waals surface area contributed by atoms with Gasteiger partial charge in [-0.3, -0.25) is 14.8 Å². The second-order valence-electron chi connectivity index (χ2n) is 7.44. The number of aromatic amines is 1.